The molecular formula is C48H40BO2P2. The Balaban J connectivity index is 1.49. The molecule has 1 radical (unpaired) electrons. The first kappa shape index (κ1) is 34.7. The molecule has 0 aliphatic rings. The van der Waals surface area contributed by atoms with Crippen molar-refractivity contribution in [1.82, 2.24) is 0 Å². The van der Waals surface area contributed by atoms with Crippen LogP contribution in [0.15, 0.2) is 243 Å². The molecular weight excluding hydrogens is 681 g/mol. The average Bonchev–Trinajstić information content (AvgIpc) is 3.27. The standard InChI is InChI=1S/C48H40BO2P2/c1-9-25-41(26-10-1)52(42-27-11-2-12-28-42,43-29-13-3-14-30-43,44-31-15-4-16-32-44)50-49-51-53(45-33-17-5-18-34-45,46-35-19-6-20-36-46,47-37-21-7-22-38-47)48-39-23-8-24-40-48/h1-40H. The summed E-state index contributed by atoms with van der Waals surface area (Å²) in [7, 11) is 1.72. The van der Waals surface area contributed by atoms with E-state index in [4.69, 9.17) is 8.88 Å². The molecule has 8 rings (SSSR count). The van der Waals surface area contributed by atoms with Gasteiger partial charge >= 0.3 is 315 Å². The van der Waals surface area contributed by atoms with Crippen LogP contribution in [-0.2, 0) is 8.88 Å². The predicted octanol–water partition coefficient (Wildman–Crippen LogP) is 8.09. The van der Waals surface area contributed by atoms with Crippen LogP contribution in [0, 0.1) is 0 Å². The van der Waals surface area contributed by atoms with Crippen molar-refractivity contribution < 1.29 is 8.88 Å². The summed E-state index contributed by atoms with van der Waals surface area (Å²) < 4.78 is 15.9. The van der Waals surface area contributed by atoms with Crippen LogP contribution in [0.4, 0.5) is 0 Å². The van der Waals surface area contributed by atoms with Crippen LogP contribution in [0.1, 0.15) is 0 Å². The Kier molecular flexibility index (Phi) is 9.52. The minimum absolute atomic E-state index is 1.07. The van der Waals surface area contributed by atoms with E-state index < -0.39 is 13.7 Å². The summed E-state index contributed by atoms with van der Waals surface area (Å²) in [4.78, 5) is 0. The summed E-state index contributed by atoms with van der Waals surface area (Å²) in [6.07, 6.45) is 0. The van der Waals surface area contributed by atoms with Gasteiger partial charge in [0.15, 0.2) is 0 Å². The molecule has 257 valence electrons. The molecule has 0 spiro atoms. The van der Waals surface area contributed by atoms with Gasteiger partial charge in [0.05, 0.1) is 0 Å². The number of rotatable bonds is 12. The van der Waals surface area contributed by atoms with Crippen molar-refractivity contribution in [3.05, 3.63) is 243 Å². The summed E-state index contributed by atoms with van der Waals surface area (Å²) in [5.74, 6) is 0. The topological polar surface area (TPSA) is 18.5 Å². The fourth-order valence-electron chi connectivity index (χ4n) is 8.17. The summed E-state index contributed by atoms with van der Waals surface area (Å²) in [5, 5.41) is 8.56. The zero-order valence-electron chi connectivity index (χ0n) is 29.4. The van der Waals surface area contributed by atoms with Gasteiger partial charge in [-0.25, -0.2) is 0 Å². The van der Waals surface area contributed by atoms with Gasteiger partial charge in [-0.15, -0.1) is 0 Å². The molecule has 0 unspecified atom stereocenters. The van der Waals surface area contributed by atoms with Gasteiger partial charge in [-0.2, -0.15) is 0 Å². The molecule has 0 bridgehead atoms. The Bertz CT molecular complexity index is 1860. The van der Waals surface area contributed by atoms with E-state index in [1.165, 1.54) is 0 Å². The van der Waals surface area contributed by atoms with E-state index in [0.29, 0.717) is 0 Å². The zero-order chi connectivity index (χ0) is 35.9. The van der Waals surface area contributed by atoms with E-state index in [-0.39, 0.29) is 0 Å². The van der Waals surface area contributed by atoms with Crippen molar-refractivity contribution in [2.75, 3.05) is 0 Å². The van der Waals surface area contributed by atoms with Crippen LogP contribution in [0.3, 0.4) is 0 Å². The quantitative estimate of drug-likeness (QED) is 0.0939. The van der Waals surface area contributed by atoms with Gasteiger partial charge in [0.1, 0.15) is 0 Å². The van der Waals surface area contributed by atoms with Crippen molar-refractivity contribution in [3.8, 4) is 0 Å². The number of hydrogen-bond acceptors (Lipinski definition) is 2. The van der Waals surface area contributed by atoms with E-state index in [9.17, 15) is 0 Å². The fourth-order valence-corrected chi connectivity index (χ4v) is 19.1. The summed E-state index contributed by atoms with van der Waals surface area (Å²) in [5.41, 5.74) is 0. The first-order valence-corrected chi connectivity index (χ1v) is 22.2. The van der Waals surface area contributed by atoms with E-state index in [1.54, 1.807) is 7.69 Å². The predicted molar refractivity (Wildman–Crippen MR) is 230 cm³/mol. The number of benzene rings is 8. The second kappa shape index (κ2) is 14.6. The van der Waals surface area contributed by atoms with Gasteiger partial charge in [0, 0.05) is 0 Å². The number of hydrogen-bond donors (Lipinski definition) is 0. The monoisotopic (exact) mass is 721 g/mol. The van der Waals surface area contributed by atoms with Gasteiger partial charge in [-0.05, 0) is 0 Å². The van der Waals surface area contributed by atoms with Crippen LogP contribution in [-0.4, -0.2) is 7.69 Å². The van der Waals surface area contributed by atoms with Crippen LogP contribution in [0.2, 0.25) is 0 Å². The van der Waals surface area contributed by atoms with Crippen molar-refractivity contribution >= 4 is 63.8 Å². The molecule has 2 nitrogen and oxygen atoms in total. The molecule has 0 fully saturated rings. The molecule has 0 aromatic heterocycles. The van der Waals surface area contributed by atoms with E-state index in [0.717, 1.165) is 42.4 Å². The zero-order valence-corrected chi connectivity index (χ0v) is 31.2. The van der Waals surface area contributed by atoms with Crippen molar-refractivity contribution in [1.29, 1.82) is 0 Å². The van der Waals surface area contributed by atoms with E-state index in [1.807, 2.05) is 0 Å². The Morgan fingerprint density at radius 2 is 0.340 bits per heavy atom. The van der Waals surface area contributed by atoms with Crippen molar-refractivity contribution in [2.45, 2.75) is 0 Å². The Hall–Kier alpha value is -5.40. The van der Waals surface area contributed by atoms with Gasteiger partial charge in [0.2, 0.25) is 0 Å². The average molecular weight is 722 g/mol. The third-order valence-corrected chi connectivity index (χ3v) is 21.8. The molecule has 0 N–H and O–H groups in total. The molecule has 0 saturated heterocycles. The van der Waals surface area contributed by atoms with Crippen molar-refractivity contribution in [3.63, 3.8) is 0 Å². The van der Waals surface area contributed by atoms with Gasteiger partial charge in [0.25, 0.3) is 0 Å². The maximum absolute atomic E-state index is 7.94. The molecule has 5 heteroatoms. The molecule has 8 aromatic rings. The maximum atomic E-state index is 7.94. The van der Waals surface area contributed by atoms with E-state index >= 15 is 0 Å². The van der Waals surface area contributed by atoms with Gasteiger partial charge in [-0.3, -0.25) is 0 Å². The third kappa shape index (κ3) is 5.27. The van der Waals surface area contributed by atoms with E-state index in [2.05, 4.69) is 243 Å². The van der Waals surface area contributed by atoms with Crippen LogP contribution < -0.4 is 42.4 Å². The Labute approximate surface area is 314 Å². The summed E-state index contributed by atoms with van der Waals surface area (Å²) in [6.45, 7) is -8.18. The molecule has 0 amide bonds. The molecule has 8 aromatic carbocycles. The molecule has 0 aliphatic carbocycles. The van der Waals surface area contributed by atoms with Crippen LogP contribution >= 0.6 is 13.7 Å². The molecule has 0 atom stereocenters. The Morgan fingerprint density at radius 3 is 0.472 bits per heavy atom. The minimum atomic E-state index is -4.09. The second-order valence-corrected chi connectivity index (χ2v) is 21.8. The molecule has 0 heterocycles. The normalized spacial score (nSPS) is 13.1. The third-order valence-electron chi connectivity index (χ3n) is 10.5. The summed E-state index contributed by atoms with van der Waals surface area (Å²) in [6, 6.07) is 85.6. The van der Waals surface area contributed by atoms with Gasteiger partial charge < -0.3 is 0 Å². The molecule has 53 heavy (non-hydrogen) atoms. The van der Waals surface area contributed by atoms with Crippen LogP contribution in [0.25, 0.3) is 0 Å². The second-order valence-electron chi connectivity index (χ2n) is 13.1. The first-order valence-electron chi connectivity index (χ1n) is 17.9. The van der Waals surface area contributed by atoms with Gasteiger partial charge in [-0.1, -0.05) is 0 Å². The Morgan fingerprint density at radius 1 is 0.208 bits per heavy atom. The summed E-state index contributed by atoms with van der Waals surface area (Å²) >= 11 is 0. The molecule has 0 aliphatic heterocycles. The van der Waals surface area contributed by atoms with Crippen molar-refractivity contribution in [2.24, 2.45) is 0 Å². The molecule has 0 saturated carbocycles. The fraction of sp³-hybridized carbons (Fsp3) is 0. The van der Waals surface area contributed by atoms with Crippen LogP contribution in [0.5, 0.6) is 0 Å². The first-order chi connectivity index (χ1) is 26.2. The SMILES string of the molecule is [B](OP(c1ccccc1)(c1ccccc1)(c1ccccc1)c1ccccc1)OP(c1ccccc1)(c1ccccc1)(c1ccccc1)c1ccccc1.